The molecular formula is C39H44N3O6PSi. The summed E-state index contributed by atoms with van der Waals surface area (Å²) in [7, 11) is -0.591. The van der Waals surface area contributed by atoms with E-state index in [2.05, 4.69) is 10.6 Å². The Kier molecular flexibility index (Phi) is 11.3. The summed E-state index contributed by atoms with van der Waals surface area (Å²) in [5, 5.41) is 18.9. The van der Waals surface area contributed by atoms with Crippen LogP contribution in [0.1, 0.15) is 29.3 Å². The summed E-state index contributed by atoms with van der Waals surface area (Å²) >= 11 is 0. The summed E-state index contributed by atoms with van der Waals surface area (Å²) in [4.78, 5) is 55.5. The number of hydrogen-bond donors (Lipinski definition) is 3. The third-order valence-electron chi connectivity index (χ3n) is 8.83. The molecule has 50 heavy (non-hydrogen) atoms. The van der Waals surface area contributed by atoms with Crippen molar-refractivity contribution in [3.8, 4) is 0 Å². The molecule has 9 nitrogen and oxygen atoms in total. The summed E-state index contributed by atoms with van der Waals surface area (Å²) in [5.74, 6) is -2.53. The van der Waals surface area contributed by atoms with Crippen LogP contribution in [0, 0.1) is 5.92 Å². The molecule has 1 aliphatic heterocycles. The molecule has 1 heterocycles. The predicted octanol–water partition coefficient (Wildman–Crippen LogP) is 4.96. The summed E-state index contributed by atoms with van der Waals surface area (Å²) < 4.78 is 6.42. The largest absolute Gasteiger partial charge is 0.477 e. The first-order valence-corrected chi connectivity index (χ1v) is 21.8. The molecule has 1 aliphatic rings. The summed E-state index contributed by atoms with van der Waals surface area (Å²) in [6.45, 7) is 5.03. The Labute approximate surface area is 294 Å². The van der Waals surface area contributed by atoms with Crippen LogP contribution in [0.5, 0.6) is 0 Å². The molecule has 0 spiro atoms. The monoisotopic (exact) mass is 709 g/mol. The molecule has 260 valence electrons. The molecule has 0 saturated carbocycles. The zero-order valence-corrected chi connectivity index (χ0v) is 30.9. The third kappa shape index (κ3) is 7.53. The van der Waals surface area contributed by atoms with Crippen LogP contribution in [-0.4, -0.2) is 66.6 Å². The van der Waals surface area contributed by atoms with Crippen molar-refractivity contribution in [1.82, 2.24) is 15.5 Å². The smallest absolute Gasteiger partial charge is 0.353 e. The second kappa shape index (κ2) is 15.4. The number of Topliss-reactive ketones (excluding diaryl/α,β-unsaturated/α-hetero) is 1. The number of benzene rings is 4. The fourth-order valence-corrected chi connectivity index (χ4v) is 12.4. The minimum atomic E-state index is -3.21. The molecule has 0 aliphatic carbocycles. The van der Waals surface area contributed by atoms with Crippen LogP contribution in [0.4, 0.5) is 4.79 Å². The quantitative estimate of drug-likeness (QED) is 0.0781. The van der Waals surface area contributed by atoms with Crippen molar-refractivity contribution in [2.75, 3.05) is 7.05 Å². The van der Waals surface area contributed by atoms with E-state index < -0.39 is 39.2 Å². The van der Waals surface area contributed by atoms with Gasteiger partial charge in [0, 0.05) is 32.5 Å². The molecule has 0 unspecified atom stereocenters. The topological polar surface area (TPSA) is 125 Å². The van der Waals surface area contributed by atoms with Crippen LogP contribution >= 0.6 is 6.89 Å². The molecule has 3 atom stereocenters. The minimum Gasteiger partial charge on any atom is -0.477 e. The lowest BCUT2D eigenvalue weighted by Crippen LogP contribution is -2.69. The Morgan fingerprint density at radius 3 is 1.72 bits per heavy atom. The second-order valence-corrected chi connectivity index (χ2v) is 21.1. The van der Waals surface area contributed by atoms with Gasteiger partial charge in [0.2, 0.25) is 5.91 Å². The lowest BCUT2D eigenvalue weighted by molar-refractivity contribution is -0.155. The van der Waals surface area contributed by atoms with E-state index in [4.69, 9.17) is 4.43 Å². The number of amides is 3. The number of carboxylic acids is 1. The van der Waals surface area contributed by atoms with Gasteiger partial charge in [-0.05, 0) is 48.0 Å². The molecule has 1 fully saturated rings. The van der Waals surface area contributed by atoms with Crippen molar-refractivity contribution in [3.63, 3.8) is 0 Å². The number of nitrogens with one attached hydrogen (secondary N) is 2. The van der Waals surface area contributed by atoms with Gasteiger partial charge < -0.3 is 25.1 Å². The first kappa shape index (κ1) is 36.5. The van der Waals surface area contributed by atoms with Gasteiger partial charge in [0.15, 0.2) is 14.1 Å². The van der Waals surface area contributed by atoms with Crippen molar-refractivity contribution in [1.29, 1.82) is 0 Å². The molecular weight excluding hydrogens is 666 g/mol. The number of likely N-dealkylation sites (tertiary alicyclic amines) is 1. The van der Waals surface area contributed by atoms with Gasteiger partial charge in [-0.25, -0.2) is 9.59 Å². The number of hydrogen-bond acceptors (Lipinski definition) is 5. The van der Waals surface area contributed by atoms with Gasteiger partial charge >= 0.3 is 12.0 Å². The molecule has 0 bridgehead atoms. The van der Waals surface area contributed by atoms with E-state index in [1.165, 1.54) is 11.9 Å². The highest BCUT2D eigenvalue weighted by atomic mass is 31.2. The number of urea groups is 1. The zero-order valence-electron chi connectivity index (χ0n) is 29.0. The Morgan fingerprint density at radius 1 is 0.820 bits per heavy atom. The van der Waals surface area contributed by atoms with Crippen molar-refractivity contribution < 1.29 is 28.7 Å². The SMILES string of the molecule is CNC(=O)NCc1ccc(C(=O)C[C@@H]2[C@@H]([C@@H](C)O[Si](C)(C)C)C(=O)N2C(C(=O)O)=P(c2ccccc2)(c2ccccc2)c2ccccc2)cc1. The predicted molar refractivity (Wildman–Crippen MR) is 202 cm³/mol. The van der Waals surface area contributed by atoms with Crippen LogP contribution in [0.3, 0.4) is 0 Å². The zero-order chi connectivity index (χ0) is 36.1. The van der Waals surface area contributed by atoms with Crippen LogP contribution in [0.15, 0.2) is 115 Å². The highest BCUT2D eigenvalue weighted by molar-refractivity contribution is 7.96. The standard InChI is InChI=1S/C39H44N3O6PSi/c1-27(48-50(3,4)5)35-33(25-34(43)29-23-21-28(22-24-29)26-41-39(47)40-2)42(36(35)44)37(38(45)46)49(30-15-9-6-10-16-30,31-17-11-7-12-18-31)32-19-13-8-14-20-32/h6-24,27,33,35H,25-26H2,1-5H3,(H,45,46)(H2,40,41,47)/t27-,33-,35-/m1/s1. The number of carbonyl (C=O) groups excluding carboxylic acids is 3. The average Bonchev–Trinajstić information content (AvgIpc) is 3.11. The lowest BCUT2D eigenvalue weighted by Gasteiger charge is -2.51. The maximum atomic E-state index is 14.5. The van der Waals surface area contributed by atoms with Gasteiger partial charge in [-0.2, -0.15) is 0 Å². The number of rotatable bonds is 13. The fraction of sp³-hybridized carbons (Fsp3) is 0.256. The van der Waals surface area contributed by atoms with E-state index in [0.717, 1.165) is 21.5 Å². The summed E-state index contributed by atoms with van der Waals surface area (Å²) in [6.07, 6.45) is -0.629. The number of carbonyl (C=O) groups is 4. The first-order valence-electron chi connectivity index (χ1n) is 16.6. The van der Waals surface area contributed by atoms with Gasteiger partial charge in [0.25, 0.3) is 0 Å². The van der Waals surface area contributed by atoms with E-state index in [1.54, 1.807) is 24.3 Å². The highest BCUT2D eigenvalue weighted by Crippen LogP contribution is 2.50. The van der Waals surface area contributed by atoms with E-state index in [-0.39, 0.29) is 36.1 Å². The maximum Gasteiger partial charge on any atom is 0.353 e. The van der Waals surface area contributed by atoms with Gasteiger partial charge in [-0.1, -0.05) is 115 Å². The van der Waals surface area contributed by atoms with Gasteiger partial charge in [0.05, 0.1) is 18.1 Å². The number of β-lactam (4-membered cyclic amide) rings is 1. The molecule has 4 aromatic rings. The van der Waals surface area contributed by atoms with Crippen molar-refractivity contribution in [2.24, 2.45) is 5.92 Å². The van der Waals surface area contributed by atoms with E-state index >= 15 is 0 Å². The van der Waals surface area contributed by atoms with Crippen molar-refractivity contribution in [2.45, 2.75) is 51.7 Å². The number of ketones is 1. The maximum absolute atomic E-state index is 14.5. The Morgan fingerprint density at radius 2 is 1.30 bits per heavy atom. The van der Waals surface area contributed by atoms with Crippen LogP contribution in [-0.2, 0) is 20.6 Å². The van der Waals surface area contributed by atoms with Crippen molar-refractivity contribution >= 4 is 60.2 Å². The molecule has 3 N–H and O–H groups in total. The second-order valence-electron chi connectivity index (χ2n) is 13.3. The fourth-order valence-electron chi connectivity index (χ4n) is 6.76. The van der Waals surface area contributed by atoms with Crippen LogP contribution < -0.4 is 26.5 Å². The Hall–Kier alpha value is -4.76. The normalized spacial score (nSPS) is 16.6. The minimum absolute atomic E-state index is 0.0315. The number of carboxylic acid groups (broad SMARTS) is 1. The lowest BCUT2D eigenvalue weighted by atomic mass is 9.79. The average molecular weight is 710 g/mol. The molecule has 4 aromatic carbocycles. The molecule has 11 heteroatoms. The molecule has 0 radical (unpaired) electrons. The van der Waals surface area contributed by atoms with Crippen molar-refractivity contribution in [3.05, 3.63) is 126 Å². The summed E-state index contributed by atoms with van der Waals surface area (Å²) in [6, 6.07) is 34.4. The first-order chi connectivity index (χ1) is 23.9. The highest BCUT2D eigenvalue weighted by Gasteiger charge is 2.56. The van der Waals surface area contributed by atoms with Gasteiger partial charge in [0.1, 0.15) is 5.42 Å². The van der Waals surface area contributed by atoms with Crippen LogP contribution in [0.2, 0.25) is 19.6 Å². The van der Waals surface area contributed by atoms with Gasteiger partial charge in [-0.3, -0.25) is 9.59 Å². The van der Waals surface area contributed by atoms with E-state index in [1.807, 2.05) is 118 Å². The van der Waals surface area contributed by atoms with E-state index in [0.29, 0.717) is 5.56 Å². The molecule has 0 aromatic heterocycles. The molecule has 5 rings (SSSR count). The Balaban J connectivity index is 1.70. The van der Waals surface area contributed by atoms with E-state index in [9.17, 15) is 24.3 Å². The Bertz CT molecular complexity index is 1790. The van der Waals surface area contributed by atoms with Crippen LogP contribution in [0.25, 0.3) is 0 Å². The number of aliphatic carboxylic acids is 1. The summed E-state index contributed by atoms with van der Waals surface area (Å²) in [5.41, 5.74) is 1.21. The third-order valence-corrected chi connectivity index (χ3v) is 14.2. The molecule has 1 saturated heterocycles. The molecule has 3 amide bonds. The number of nitrogens with zero attached hydrogens (tertiary/aromatic N) is 1. The van der Waals surface area contributed by atoms with Gasteiger partial charge in [-0.15, -0.1) is 0 Å².